The van der Waals surface area contributed by atoms with Gasteiger partial charge in [-0.2, -0.15) is 12.6 Å². The zero-order valence-electron chi connectivity index (χ0n) is 45.7. The van der Waals surface area contributed by atoms with E-state index in [1.54, 1.807) is 23.5 Å². The molecule has 0 saturated carbocycles. The molecule has 0 saturated heterocycles. The Morgan fingerprint density at radius 3 is 1.91 bits per heavy atom. The van der Waals surface area contributed by atoms with Crippen molar-refractivity contribution in [1.82, 2.24) is 0 Å². The van der Waals surface area contributed by atoms with Crippen molar-refractivity contribution < 1.29 is 8.83 Å². The molecule has 14 rings (SSSR count). The van der Waals surface area contributed by atoms with Gasteiger partial charge in [0, 0.05) is 51.7 Å². The van der Waals surface area contributed by atoms with Crippen molar-refractivity contribution in [3.8, 4) is 11.1 Å². The number of thioether (sulfide) groups is 2. The molecule has 0 fully saturated rings. The molecule has 398 valence electrons. The number of allylic oxidation sites excluding steroid dienone is 7. The highest BCUT2D eigenvalue weighted by Crippen LogP contribution is 2.63. The van der Waals surface area contributed by atoms with Gasteiger partial charge in [-0.3, -0.25) is 0 Å². The maximum absolute atomic E-state index is 6.99. The van der Waals surface area contributed by atoms with Crippen molar-refractivity contribution in [2.75, 3.05) is 10.2 Å². The molecule has 2 aromatic heterocycles. The standard InChI is InChI=1S/C74H56N2O2S4/c1-6-7-8-21-45(2)81-72-57-41-40-51-56-27-10-9-22-48(44-79)82-71(56)63(75-62-32-19-28-54-52-25-13-17-34-66(52)77-68(54)62)42-60(51)74(58-30-15-11-23-49(58)50-24-12-16-31-59(50)74)61(57)43-65(70(72)80)76(47-38-36-46(37-39-47)73(3,4)5)64-33-20-29-55-53-26-14-18-35-67(53)78-69(55)64/h6-44,75,79-80H,2H2,1,3-5H3/b7-6-,21-8-,22-9-,27-10-,48-44-. The predicted octanol–water partition coefficient (Wildman–Crippen LogP) is 22.3. The number of benzene rings is 9. The highest BCUT2D eigenvalue weighted by molar-refractivity contribution is 8.04. The quantitative estimate of drug-likeness (QED) is 0.0760. The molecule has 1 N–H and O–H groups in total. The predicted molar refractivity (Wildman–Crippen MR) is 358 cm³/mol. The fourth-order valence-corrected chi connectivity index (χ4v) is 15.0. The van der Waals surface area contributed by atoms with E-state index in [4.69, 9.17) is 40.7 Å². The molecule has 3 aliphatic rings. The Morgan fingerprint density at radius 2 is 1.22 bits per heavy atom. The highest BCUT2D eigenvalue weighted by atomic mass is 32.2. The Labute approximate surface area is 497 Å². The van der Waals surface area contributed by atoms with Gasteiger partial charge in [0.1, 0.15) is 11.2 Å². The Bertz CT molecular complexity index is 4610. The molecule has 2 aliphatic carbocycles. The fourth-order valence-electron chi connectivity index (χ4n) is 12.5. The second-order valence-corrected chi connectivity index (χ2v) is 24.9. The van der Waals surface area contributed by atoms with E-state index in [0.29, 0.717) is 0 Å². The van der Waals surface area contributed by atoms with Gasteiger partial charge in [0.05, 0.1) is 28.2 Å². The van der Waals surface area contributed by atoms with Crippen LogP contribution in [0, 0.1) is 0 Å². The van der Waals surface area contributed by atoms with Gasteiger partial charge in [-0.25, -0.2) is 0 Å². The molecule has 0 radical (unpaired) electrons. The van der Waals surface area contributed by atoms with E-state index >= 15 is 0 Å². The van der Waals surface area contributed by atoms with Crippen LogP contribution in [-0.2, 0) is 10.8 Å². The van der Waals surface area contributed by atoms with Crippen molar-refractivity contribution in [3.63, 3.8) is 0 Å². The van der Waals surface area contributed by atoms with Crippen LogP contribution in [0.2, 0.25) is 0 Å². The van der Waals surface area contributed by atoms with Crippen LogP contribution < -0.4 is 10.2 Å². The lowest BCUT2D eigenvalue weighted by Crippen LogP contribution is -2.31. The number of anilines is 5. The largest absolute Gasteiger partial charge is 0.454 e. The van der Waals surface area contributed by atoms with E-state index in [9.17, 15) is 0 Å². The van der Waals surface area contributed by atoms with E-state index < -0.39 is 5.41 Å². The SMILES string of the molecule is C=C(/C=C\C=C/C)Sc1c(S)c(N(c2ccc(C(C)(C)C)cc2)c2cccc3c2oc2ccccc23)cc2c1C=Cc1c(cc(Nc3cccc4c3oc3ccccc34)c3c1\C=C/C=C\C(=C\S)S3)C21c2ccccc2-c2ccccc21. The van der Waals surface area contributed by atoms with Gasteiger partial charge in [0.2, 0.25) is 0 Å². The minimum absolute atomic E-state index is 0.0703. The summed E-state index contributed by atoms with van der Waals surface area (Å²) in [7, 11) is 0. The van der Waals surface area contributed by atoms with Gasteiger partial charge >= 0.3 is 0 Å². The third kappa shape index (κ3) is 8.40. The number of furan rings is 2. The molecular formula is C74H56N2O2S4. The Balaban J connectivity index is 1.13. The van der Waals surface area contributed by atoms with E-state index in [2.05, 4.69) is 231 Å². The summed E-state index contributed by atoms with van der Waals surface area (Å²) in [6.45, 7) is 13.5. The summed E-state index contributed by atoms with van der Waals surface area (Å²) in [5.41, 5.74) is 18.3. The van der Waals surface area contributed by atoms with Crippen LogP contribution in [0.1, 0.15) is 72.2 Å². The van der Waals surface area contributed by atoms with E-state index in [1.807, 2.05) is 42.7 Å². The third-order valence-corrected chi connectivity index (χ3v) is 19.4. The fraction of sp³-hybridized carbons (Fsp3) is 0.0811. The number of nitrogens with zero attached hydrogens (tertiary/aromatic N) is 1. The maximum atomic E-state index is 6.99. The van der Waals surface area contributed by atoms with Gasteiger partial charge in [-0.15, -0.1) is 12.6 Å². The first-order chi connectivity index (χ1) is 40.0. The number of thiol groups is 2. The molecule has 8 heteroatoms. The lowest BCUT2D eigenvalue weighted by atomic mass is 9.65. The lowest BCUT2D eigenvalue weighted by molar-refractivity contribution is 0.590. The molecule has 0 bridgehead atoms. The number of fused-ring (bicyclic) bond motifs is 17. The number of para-hydroxylation sites is 4. The van der Waals surface area contributed by atoms with Crippen molar-refractivity contribution in [2.45, 2.75) is 53.2 Å². The van der Waals surface area contributed by atoms with Crippen LogP contribution in [0.3, 0.4) is 0 Å². The van der Waals surface area contributed by atoms with Gasteiger partial charge in [0.25, 0.3) is 0 Å². The smallest absolute Gasteiger partial charge is 0.159 e. The van der Waals surface area contributed by atoms with Crippen LogP contribution in [0.25, 0.3) is 73.2 Å². The summed E-state index contributed by atoms with van der Waals surface area (Å²) in [5, 5.41) is 10.2. The van der Waals surface area contributed by atoms with Gasteiger partial charge in [0.15, 0.2) is 11.2 Å². The minimum atomic E-state index is -0.919. The maximum Gasteiger partial charge on any atom is 0.159 e. The monoisotopic (exact) mass is 1130 g/mol. The Hall–Kier alpha value is -8.24. The van der Waals surface area contributed by atoms with E-state index in [-0.39, 0.29) is 5.41 Å². The first-order valence-electron chi connectivity index (χ1n) is 27.6. The second-order valence-electron chi connectivity index (χ2n) is 21.9. The second kappa shape index (κ2) is 20.6. The summed E-state index contributed by atoms with van der Waals surface area (Å²) in [4.78, 5) is 7.11. The highest BCUT2D eigenvalue weighted by Gasteiger charge is 2.50. The Kier molecular flexibility index (Phi) is 13.1. The third-order valence-electron chi connectivity index (χ3n) is 16.1. The van der Waals surface area contributed by atoms with Crippen LogP contribution in [0.15, 0.2) is 258 Å². The summed E-state index contributed by atoms with van der Waals surface area (Å²) in [6, 6.07) is 61.4. The molecule has 1 spiro atoms. The molecule has 82 heavy (non-hydrogen) atoms. The first-order valence-corrected chi connectivity index (χ1v) is 30.2. The van der Waals surface area contributed by atoms with Crippen molar-refractivity contribution in [1.29, 1.82) is 0 Å². The average molecular weight is 1130 g/mol. The summed E-state index contributed by atoms with van der Waals surface area (Å²) in [5.74, 6) is 0. The summed E-state index contributed by atoms with van der Waals surface area (Å²) < 4.78 is 13.7. The van der Waals surface area contributed by atoms with Crippen molar-refractivity contribution >= 4 is 139 Å². The van der Waals surface area contributed by atoms with Gasteiger partial charge in [-0.1, -0.05) is 221 Å². The molecule has 0 atom stereocenters. The lowest BCUT2D eigenvalue weighted by Gasteiger charge is -2.38. The molecule has 9 aromatic carbocycles. The summed E-state index contributed by atoms with van der Waals surface area (Å²) >= 11 is 13.9. The molecular weight excluding hydrogens is 1080 g/mol. The number of hydrogen-bond acceptors (Lipinski definition) is 8. The number of nitrogens with one attached hydrogen (secondary N) is 1. The number of hydrogen-bond donors (Lipinski definition) is 3. The normalized spacial score (nSPS) is 15.4. The van der Waals surface area contributed by atoms with Crippen LogP contribution in [-0.4, -0.2) is 0 Å². The van der Waals surface area contributed by atoms with Crippen molar-refractivity contribution in [3.05, 3.63) is 279 Å². The molecule has 0 unspecified atom stereocenters. The average Bonchev–Trinajstić information content (AvgIpc) is 1.91. The molecule has 0 amide bonds. The molecule has 11 aromatic rings. The zero-order chi connectivity index (χ0) is 55.9. The number of rotatable bonds is 9. The van der Waals surface area contributed by atoms with E-state index in [0.717, 1.165) is 125 Å². The summed E-state index contributed by atoms with van der Waals surface area (Å²) in [6.07, 6.45) is 21.6. The Morgan fingerprint density at radius 1 is 0.610 bits per heavy atom. The van der Waals surface area contributed by atoms with Crippen LogP contribution >= 0.6 is 48.8 Å². The molecule has 4 nitrogen and oxygen atoms in total. The molecule has 3 heterocycles. The van der Waals surface area contributed by atoms with Crippen LogP contribution in [0.4, 0.5) is 28.4 Å². The topological polar surface area (TPSA) is 41.6 Å². The van der Waals surface area contributed by atoms with Gasteiger partial charge < -0.3 is 19.1 Å². The van der Waals surface area contributed by atoms with Gasteiger partial charge in [-0.05, 0) is 134 Å². The van der Waals surface area contributed by atoms with Crippen LogP contribution in [0.5, 0.6) is 0 Å². The molecule has 1 aliphatic heterocycles. The first kappa shape index (κ1) is 51.9. The minimum Gasteiger partial charge on any atom is -0.454 e. The van der Waals surface area contributed by atoms with Crippen molar-refractivity contribution in [2.24, 2.45) is 0 Å². The van der Waals surface area contributed by atoms with E-state index in [1.165, 1.54) is 27.8 Å². The zero-order valence-corrected chi connectivity index (χ0v) is 49.1.